The predicted molar refractivity (Wildman–Crippen MR) is 122 cm³/mol. The molecule has 0 bridgehead atoms. The zero-order valence-corrected chi connectivity index (χ0v) is 18.4. The van der Waals surface area contributed by atoms with E-state index >= 15 is 0 Å². The van der Waals surface area contributed by atoms with E-state index in [1.165, 1.54) is 50.0 Å². The third kappa shape index (κ3) is 6.62. The van der Waals surface area contributed by atoms with Crippen molar-refractivity contribution in [3.63, 3.8) is 0 Å². The smallest absolute Gasteiger partial charge is 0.224 e. The van der Waals surface area contributed by atoms with Crippen molar-refractivity contribution in [2.24, 2.45) is 5.92 Å². The van der Waals surface area contributed by atoms with Crippen molar-refractivity contribution < 1.29 is 9.18 Å². The zero-order chi connectivity index (χ0) is 21.5. The third-order valence-electron chi connectivity index (χ3n) is 6.54. The number of benzene rings is 2. The maximum atomic E-state index is 13.1. The molecule has 1 N–H and O–H groups in total. The number of carbonyl (C=O) groups excluding carboxylic acids is 1. The Labute approximate surface area is 185 Å². The Morgan fingerprint density at radius 1 is 0.806 bits per heavy atom. The number of nitrogens with one attached hydrogen (secondary N) is 1. The Morgan fingerprint density at radius 3 is 2.10 bits per heavy atom. The van der Waals surface area contributed by atoms with Crippen LogP contribution in [0.15, 0.2) is 48.5 Å². The van der Waals surface area contributed by atoms with Gasteiger partial charge in [0.1, 0.15) is 5.82 Å². The van der Waals surface area contributed by atoms with Crippen molar-refractivity contribution in [2.45, 2.75) is 51.7 Å². The number of carbonyl (C=O) groups is 1. The van der Waals surface area contributed by atoms with Gasteiger partial charge in [-0.1, -0.05) is 42.8 Å². The lowest BCUT2D eigenvalue weighted by Gasteiger charge is -2.32. The molecule has 0 aliphatic carbocycles. The van der Waals surface area contributed by atoms with Gasteiger partial charge in [0.2, 0.25) is 5.91 Å². The Morgan fingerprint density at radius 2 is 1.39 bits per heavy atom. The summed E-state index contributed by atoms with van der Waals surface area (Å²) in [4.78, 5) is 17.6. The number of likely N-dealkylation sites (tertiary alicyclic amines) is 2. The molecule has 4 nitrogen and oxygen atoms in total. The summed E-state index contributed by atoms with van der Waals surface area (Å²) in [6.07, 6.45) is 5.93. The van der Waals surface area contributed by atoms with Crippen LogP contribution in [0, 0.1) is 11.7 Å². The van der Waals surface area contributed by atoms with E-state index in [4.69, 9.17) is 0 Å². The van der Waals surface area contributed by atoms with E-state index in [1.54, 1.807) is 0 Å². The average Bonchev–Trinajstić information content (AvgIpc) is 2.81. The van der Waals surface area contributed by atoms with Gasteiger partial charge < -0.3 is 5.32 Å². The predicted octanol–water partition coefficient (Wildman–Crippen LogP) is 4.34. The molecule has 0 spiro atoms. The molecule has 2 aliphatic rings. The zero-order valence-electron chi connectivity index (χ0n) is 18.4. The van der Waals surface area contributed by atoms with Crippen LogP contribution in [0.3, 0.4) is 0 Å². The molecule has 2 aromatic carbocycles. The van der Waals surface area contributed by atoms with Crippen molar-refractivity contribution >= 4 is 5.91 Å². The molecule has 166 valence electrons. The van der Waals surface area contributed by atoms with Gasteiger partial charge in [0.25, 0.3) is 0 Å². The number of hydrogen-bond donors (Lipinski definition) is 1. The van der Waals surface area contributed by atoms with Crippen LogP contribution < -0.4 is 5.32 Å². The van der Waals surface area contributed by atoms with Crippen LogP contribution >= 0.6 is 0 Å². The number of rotatable bonds is 7. The lowest BCUT2D eigenvalue weighted by atomic mass is 9.96. The molecule has 0 saturated carbocycles. The largest absolute Gasteiger partial charge is 0.352 e. The molecule has 1 atom stereocenters. The standard InChI is InChI=1S/C26H34FN3O/c27-25-12-10-23(11-13-25)19-30-16-4-5-24(20-30)26(31)28-17-21-6-8-22(9-7-21)18-29-14-2-1-3-15-29/h6-13,24H,1-5,14-20H2,(H,28,31)/t24-/m0/s1. The van der Waals surface area contributed by atoms with Crippen LogP contribution in [-0.2, 0) is 24.4 Å². The SMILES string of the molecule is O=C(NCc1ccc(CN2CCCCC2)cc1)[C@H]1CCCN(Cc2ccc(F)cc2)C1. The van der Waals surface area contributed by atoms with E-state index in [-0.39, 0.29) is 17.6 Å². The minimum Gasteiger partial charge on any atom is -0.352 e. The topological polar surface area (TPSA) is 35.6 Å². The van der Waals surface area contributed by atoms with Crippen LogP contribution in [-0.4, -0.2) is 41.9 Å². The highest BCUT2D eigenvalue weighted by molar-refractivity contribution is 5.79. The number of hydrogen-bond acceptors (Lipinski definition) is 3. The summed E-state index contributed by atoms with van der Waals surface area (Å²) in [6.45, 7) is 6.53. The lowest BCUT2D eigenvalue weighted by Crippen LogP contribution is -2.42. The second kappa shape index (κ2) is 10.9. The first kappa shape index (κ1) is 22.0. The second-order valence-electron chi connectivity index (χ2n) is 9.07. The van der Waals surface area contributed by atoms with E-state index in [0.717, 1.165) is 50.1 Å². The lowest BCUT2D eigenvalue weighted by molar-refractivity contribution is -0.126. The molecule has 4 rings (SSSR count). The summed E-state index contributed by atoms with van der Waals surface area (Å²) in [6, 6.07) is 15.3. The van der Waals surface area contributed by atoms with Gasteiger partial charge in [-0.2, -0.15) is 0 Å². The van der Waals surface area contributed by atoms with Gasteiger partial charge in [-0.15, -0.1) is 0 Å². The van der Waals surface area contributed by atoms with Crippen LogP contribution in [0.25, 0.3) is 0 Å². The molecule has 0 aromatic heterocycles. The summed E-state index contributed by atoms with van der Waals surface area (Å²) in [7, 11) is 0. The summed E-state index contributed by atoms with van der Waals surface area (Å²) >= 11 is 0. The monoisotopic (exact) mass is 423 g/mol. The van der Waals surface area contributed by atoms with E-state index in [2.05, 4.69) is 39.4 Å². The quantitative estimate of drug-likeness (QED) is 0.720. The van der Waals surface area contributed by atoms with Crippen LogP contribution in [0.5, 0.6) is 0 Å². The fourth-order valence-corrected chi connectivity index (χ4v) is 4.73. The van der Waals surface area contributed by atoms with Gasteiger partial charge >= 0.3 is 0 Å². The van der Waals surface area contributed by atoms with Crippen LogP contribution in [0.2, 0.25) is 0 Å². The number of piperidine rings is 2. The average molecular weight is 424 g/mol. The molecular formula is C26H34FN3O. The van der Waals surface area contributed by atoms with Gasteiger partial charge in [-0.3, -0.25) is 14.6 Å². The van der Waals surface area contributed by atoms with E-state index in [9.17, 15) is 9.18 Å². The summed E-state index contributed by atoms with van der Waals surface area (Å²) in [5.41, 5.74) is 3.59. The molecule has 5 heteroatoms. The number of amides is 1. The van der Waals surface area contributed by atoms with E-state index < -0.39 is 0 Å². The van der Waals surface area contributed by atoms with Gasteiger partial charge in [-0.05, 0) is 74.1 Å². The molecule has 0 unspecified atom stereocenters. The van der Waals surface area contributed by atoms with Crippen molar-refractivity contribution in [1.29, 1.82) is 0 Å². The highest BCUT2D eigenvalue weighted by Gasteiger charge is 2.25. The molecule has 31 heavy (non-hydrogen) atoms. The molecule has 1 amide bonds. The number of nitrogens with zero attached hydrogens (tertiary/aromatic N) is 2. The van der Waals surface area contributed by atoms with E-state index in [1.807, 2.05) is 12.1 Å². The fraction of sp³-hybridized carbons (Fsp3) is 0.500. The van der Waals surface area contributed by atoms with Crippen molar-refractivity contribution in [1.82, 2.24) is 15.1 Å². The summed E-state index contributed by atoms with van der Waals surface area (Å²) < 4.78 is 13.1. The number of halogens is 1. The maximum absolute atomic E-state index is 13.1. The fourth-order valence-electron chi connectivity index (χ4n) is 4.73. The van der Waals surface area contributed by atoms with E-state index in [0.29, 0.717) is 6.54 Å². The second-order valence-corrected chi connectivity index (χ2v) is 9.07. The maximum Gasteiger partial charge on any atom is 0.224 e. The molecule has 2 heterocycles. The third-order valence-corrected chi connectivity index (χ3v) is 6.54. The first-order valence-corrected chi connectivity index (χ1v) is 11.7. The summed E-state index contributed by atoms with van der Waals surface area (Å²) in [5, 5.41) is 3.14. The first-order chi connectivity index (χ1) is 15.2. The van der Waals surface area contributed by atoms with Crippen molar-refractivity contribution in [3.05, 3.63) is 71.0 Å². The van der Waals surface area contributed by atoms with Gasteiger partial charge in [-0.25, -0.2) is 4.39 Å². The molecule has 2 aromatic rings. The molecular weight excluding hydrogens is 389 g/mol. The normalized spacial score (nSPS) is 20.5. The van der Waals surface area contributed by atoms with Gasteiger partial charge in [0.05, 0.1) is 5.92 Å². The molecule has 2 saturated heterocycles. The minimum atomic E-state index is -0.209. The van der Waals surface area contributed by atoms with Crippen molar-refractivity contribution in [2.75, 3.05) is 26.2 Å². The van der Waals surface area contributed by atoms with Crippen LogP contribution in [0.1, 0.15) is 48.8 Å². The molecule has 2 fully saturated rings. The van der Waals surface area contributed by atoms with Gasteiger partial charge in [0.15, 0.2) is 0 Å². The Bertz CT molecular complexity index is 831. The highest BCUT2D eigenvalue weighted by atomic mass is 19.1. The first-order valence-electron chi connectivity index (χ1n) is 11.7. The van der Waals surface area contributed by atoms with Gasteiger partial charge in [0, 0.05) is 26.2 Å². The highest BCUT2D eigenvalue weighted by Crippen LogP contribution is 2.19. The Balaban J connectivity index is 1.22. The molecule has 2 aliphatic heterocycles. The van der Waals surface area contributed by atoms with Crippen molar-refractivity contribution in [3.8, 4) is 0 Å². The van der Waals surface area contributed by atoms with Crippen LogP contribution in [0.4, 0.5) is 4.39 Å². The summed E-state index contributed by atoms with van der Waals surface area (Å²) in [5.74, 6) is -0.0482. The Hall–Kier alpha value is -2.24. The minimum absolute atomic E-state index is 0.0209. The Kier molecular flexibility index (Phi) is 7.71. The molecule has 0 radical (unpaired) electrons.